The minimum atomic E-state index is -0.305. The molecular weight excluding hydrogens is 275 g/mol. The van der Waals surface area contributed by atoms with Crippen LogP contribution < -0.4 is 5.32 Å². The Morgan fingerprint density at radius 3 is 2.80 bits per heavy atom. The van der Waals surface area contributed by atoms with Crippen LogP contribution in [0.25, 0.3) is 0 Å². The second-order valence-electron chi connectivity index (χ2n) is 4.85. The third-order valence-electron chi connectivity index (χ3n) is 3.54. The van der Waals surface area contributed by atoms with Gasteiger partial charge in [-0.15, -0.1) is 0 Å². The number of nitrogens with zero attached hydrogens (tertiary/aromatic N) is 1. The van der Waals surface area contributed by atoms with Crippen molar-refractivity contribution in [3.8, 4) is 0 Å². The molecule has 1 unspecified atom stereocenters. The fourth-order valence-electron chi connectivity index (χ4n) is 2.55. The molecule has 1 atom stereocenters. The largest absolute Gasteiger partial charge is 0.322 e. The number of amides is 2. The minimum absolute atomic E-state index is 0.120. The molecule has 0 saturated carbocycles. The van der Waals surface area contributed by atoms with Crippen LogP contribution in [0.4, 0.5) is 14.9 Å². The molecule has 2 aromatic rings. The summed E-state index contributed by atoms with van der Waals surface area (Å²) < 4.78 is 12.9. The number of rotatable bonds is 2. The van der Waals surface area contributed by atoms with Crippen molar-refractivity contribution in [2.45, 2.75) is 18.9 Å². The quantitative estimate of drug-likeness (QED) is 0.880. The lowest BCUT2D eigenvalue weighted by molar-refractivity contribution is 0.207. The minimum Gasteiger partial charge on any atom is -0.317 e. The zero-order valence-electron chi connectivity index (χ0n) is 10.9. The average molecular weight is 290 g/mol. The van der Waals surface area contributed by atoms with Crippen molar-refractivity contribution in [1.29, 1.82) is 0 Å². The first-order chi connectivity index (χ1) is 9.74. The van der Waals surface area contributed by atoms with E-state index in [4.69, 9.17) is 0 Å². The summed E-state index contributed by atoms with van der Waals surface area (Å²) in [5, 5.41) is 6.95. The predicted molar refractivity (Wildman–Crippen MR) is 78.4 cm³/mol. The van der Waals surface area contributed by atoms with Crippen LogP contribution in [0.3, 0.4) is 0 Å². The lowest BCUT2D eigenvalue weighted by atomic mass is 10.1. The lowest BCUT2D eigenvalue weighted by Crippen LogP contribution is -2.34. The zero-order chi connectivity index (χ0) is 13.9. The molecule has 2 amide bonds. The molecule has 1 aromatic heterocycles. The van der Waals surface area contributed by atoms with Crippen LogP contribution in [0.2, 0.25) is 0 Å². The highest BCUT2D eigenvalue weighted by atomic mass is 32.1. The van der Waals surface area contributed by atoms with Crippen LogP contribution in [-0.2, 0) is 0 Å². The monoisotopic (exact) mass is 290 g/mol. The van der Waals surface area contributed by atoms with Gasteiger partial charge in [-0.2, -0.15) is 11.3 Å². The number of nitrogens with one attached hydrogen (secondary N) is 1. The van der Waals surface area contributed by atoms with E-state index in [2.05, 4.69) is 16.8 Å². The maximum atomic E-state index is 12.9. The number of hydrogen-bond acceptors (Lipinski definition) is 2. The number of thiophene rings is 1. The normalized spacial score (nSPS) is 18.2. The van der Waals surface area contributed by atoms with Crippen molar-refractivity contribution in [2.24, 2.45) is 0 Å². The maximum Gasteiger partial charge on any atom is 0.322 e. The van der Waals surface area contributed by atoms with E-state index in [0.717, 1.165) is 19.4 Å². The molecule has 1 aliphatic heterocycles. The Labute approximate surface area is 121 Å². The third kappa shape index (κ3) is 2.67. The van der Waals surface area contributed by atoms with Crippen LogP contribution in [-0.4, -0.2) is 17.5 Å². The number of halogens is 1. The van der Waals surface area contributed by atoms with Gasteiger partial charge in [0.15, 0.2) is 0 Å². The van der Waals surface area contributed by atoms with Gasteiger partial charge in [-0.1, -0.05) is 0 Å². The summed E-state index contributed by atoms with van der Waals surface area (Å²) in [4.78, 5) is 14.2. The first kappa shape index (κ1) is 13.1. The van der Waals surface area contributed by atoms with Crippen molar-refractivity contribution >= 4 is 23.1 Å². The SMILES string of the molecule is O=C(Nc1ccc(F)cc1)N1CCCC1c1ccsc1. The number of likely N-dealkylation sites (tertiary alicyclic amines) is 1. The molecule has 1 saturated heterocycles. The fourth-order valence-corrected chi connectivity index (χ4v) is 3.26. The molecule has 5 heteroatoms. The highest BCUT2D eigenvalue weighted by Crippen LogP contribution is 2.33. The van der Waals surface area contributed by atoms with E-state index in [-0.39, 0.29) is 17.9 Å². The third-order valence-corrected chi connectivity index (χ3v) is 4.24. The van der Waals surface area contributed by atoms with Gasteiger partial charge in [-0.25, -0.2) is 9.18 Å². The second kappa shape index (κ2) is 5.63. The first-order valence-electron chi connectivity index (χ1n) is 6.59. The molecular formula is C15H15FN2OS. The Morgan fingerprint density at radius 2 is 2.10 bits per heavy atom. The van der Waals surface area contributed by atoms with E-state index < -0.39 is 0 Å². The molecule has 0 bridgehead atoms. The summed E-state index contributed by atoms with van der Waals surface area (Å²) >= 11 is 1.65. The number of carbonyl (C=O) groups excluding carboxylic acids is 1. The highest BCUT2D eigenvalue weighted by Gasteiger charge is 2.30. The summed E-state index contributed by atoms with van der Waals surface area (Å²) in [6.07, 6.45) is 2.00. The van der Waals surface area contributed by atoms with Gasteiger partial charge < -0.3 is 10.2 Å². The van der Waals surface area contributed by atoms with E-state index in [1.807, 2.05) is 10.3 Å². The van der Waals surface area contributed by atoms with Gasteiger partial charge in [0.25, 0.3) is 0 Å². The van der Waals surface area contributed by atoms with Gasteiger partial charge in [-0.05, 0) is 59.5 Å². The van der Waals surface area contributed by atoms with Crippen LogP contribution in [0, 0.1) is 5.82 Å². The number of carbonyl (C=O) groups is 1. The van der Waals surface area contributed by atoms with Gasteiger partial charge in [0.1, 0.15) is 5.82 Å². The van der Waals surface area contributed by atoms with Gasteiger partial charge in [-0.3, -0.25) is 0 Å². The van der Waals surface area contributed by atoms with Crippen molar-refractivity contribution in [2.75, 3.05) is 11.9 Å². The van der Waals surface area contributed by atoms with Gasteiger partial charge in [0.2, 0.25) is 0 Å². The van der Waals surface area contributed by atoms with Crippen molar-refractivity contribution in [3.05, 3.63) is 52.5 Å². The van der Waals surface area contributed by atoms with Crippen LogP contribution in [0.15, 0.2) is 41.1 Å². The van der Waals surface area contributed by atoms with E-state index in [1.54, 1.807) is 23.5 Å². The Bertz CT molecular complexity index is 582. The summed E-state index contributed by atoms with van der Waals surface area (Å²) in [6.45, 7) is 0.757. The number of anilines is 1. The van der Waals surface area contributed by atoms with Gasteiger partial charge in [0, 0.05) is 12.2 Å². The van der Waals surface area contributed by atoms with Crippen LogP contribution in [0.5, 0.6) is 0 Å². The molecule has 104 valence electrons. The number of benzene rings is 1. The molecule has 20 heavy (non-hydrogen) atoms. The van der Waals surface area contributed by atoms with Crippen molar-refractivity contribution in [3.63, 3.8) is 0 Å². The Balaban J connectivity index is 1.71. The smallest absolute Gasteiger partial charge is 0.317 e. The van der Waals surface area contributed by atoms with Crippen LogP contribution in [0.1, 0.15) is 24.4 Å². The number of urea groups is 1. The average Bonchev–Trinajstić information content (AvgIpc) is 3.11. The molecule has 0 radical (unpaired) electrons. The van der Waals surface area contributed by atoms with E-state index in [9.17, 15) is 9.18 Å². The molecule has 1 N–H and O–H groups in total. The lowest BCUT2D eigenvalue weighted by Gasteiger charge is -2.24. The molecule has 1 aliphatic rings. The van der Waals surface area contributed by atoms with Gasteiger partial charge in [0.05, 0.1) is 6.04 Å². The Kier molecular flexibility index (Phi) is 3.69. The highest BCUT2D eigenvalue weighted by molar-refractivity contribution is 7.07. The van der Waals surface area contributed by atoms with E-state index in [0.29, 0.717) is 5.69 Å². The van der Waals surface area contributed by atoms with E-state index in [1.165, 1.54) is 17.7 Å². The molecule has 1 aromatic carbocycles. The van der Waals surface area contributed by atoms with E-state index >= 15 is 0 Å². The van der Waals surface area contributed by atoms with Crippen LogP contribution >= 0.6 is 11.3 Å². The fraction of sp³-hybridized carbons (Fsp3) is 0.267. The van der Waals surface area contributed by atoms with Crippen molar-refractivity contribution in [1.82, 2.24) is 4.90 Å². The molecule has 1 fully saturated rings. The molecule has 0 spiro atoms. The summed E-state index contributed by atoms with van der Waals surface area (Å²) in [5.41, 5.74) is 1.81. The second-order valence-corrected chi connectivity index (χ2v) is 5.63. The Hall–Kier alpha value is -1.88. The van der Waals surface area contributed by atoms with Crippen molar-refractivity contribution < 1.29 is 9.18 Å². The zero-order valence-corrected chi connectivity index (χ0v) is 11.7. The summed E-state index contributed by atoms with van der Waals surface area (Å²) in [6, 6.07) is 7.93. The summed E-state index contributed by atoms with van der Waals surface area (Å²) in [7, 11) is 0. The summed E-state index contributed by atoms with van der Waals surface area (Å²) in [5.74, 6) is -0.305. The Morgan fingerprint density at radius 1 is 1.30 bits per heavy atom. The van der Waals surface area contributed by atoms with Gasteiger partial charge >= 0.3 is 6.03 Å². The number of hydrogen-bond donors (Lipinski definition) is 1. The molecule has 3 rings (SSSR count). The predicted octanol–water partition coefficient (Wildman–Crippen LogP) is 4.26. The standard InChI is InChI=1S/C15H15FN2OS/c16-12-3-5-13(6-4-12)17-15(19)18-8-1-2-14(18)11-7-9-20-10-11/h3-7,9-10,14H,1-2,8H2,(H,17,19). The maximum absolute atomic E-state index is 12.9. The molecule has 3 nitrogen and oxygen atoms in total. The molecule has 2 heterocycles. The first-order valence-corrected chi connectivity index (χ1v) is 7.53. The molecule has 0 aliphatic carbocycles. The topological polar surface area (TPSA) is 32.3 Å².